The van der Waals surface area contributed by atoms with Crippen LogP contribution in [0.1, 0.15) is 59.7 Å². The van der Waals surface area contributed by atoms with E-state index in [1.54, 1.807) is 43.5 Å². The zero-order chi connectivity index (χ0) is 27.9. The number of methoxy groups -OCH3 is 1. The number of nitrogens with one attached hydrogen (secondary N) is 2. The topological polar surface area (TPSA) is 140 Å². The first-order valence-corrected chi connectivity index (χ1v) is 13.7. The minimum absolute atomic E-state index is 0.0163. The summed E-state index contributed by atoms with van der Waals surface area (Å²) in [6.45, 7) is 4.06. The number of hydrogen-bond donors (Lipinski definition) is 2. The number of carbonyl (C=O) groups is 1. The fourth-order valence-electron chi connectivity index (χ4n) is 4.76. The van der Waals surface area contributed by atoms with E-state index in [9.17, 15) is 14.4 Å². The van der Waals surface area contributed by atoms with Crippen molar-refractivity contribution in [1.82, 2.24) is 25.5 Å². The lowest BCUT2D eigenvalue weighted by Crippen LogP contribution is -2.45. The van der Waals surface area contributed by atoms with E-state index in [-0.39, 0.29) is 23.9 Å². The van der Waals surface area contributed by atoms with Gasteiger partial charge in [0.05, 0.1) is 28.6 Å². The molecule has 1 fully saturated rings. The van der Waals surface area contributed by atoms with E-state index in [1.165, 1.54) is 11.3 Å². The Morgan fingerprint density at radius 3 is 2.69 bits per heavy atom. The Morgan fingerprint density at radius 2 is 2.05 bits per heavy atom. The van der Waals surface area contributed by atoms with Gasteiger partial charge in [0.1, 0.15) is 23.0 Å². The van der Waals surface area contributed by atoms with Gasteiger partial charge < -0.3 is 20.3 Å². The molecule has 13 heteroatoms. The quantitative estimate of drug-likeness (QED) is 0.402. The molecular weight excluding hydrogens is 544 g/mol. The number of thiazole rings is 1. The average Bonchev–Trinajstić information content (AvgIpc) is 3.58. The second-order valence-electron chi connectivity index (χ2n) is 9.59. The Labute approximate surface area is 234 Å². The van der Waals surface area contributed by atoms with Crippen LogP contribution in [-0.4, -0.2) is 57.7 Å². The fraction of sp³-hybridized carbons (Fsp3) is 0.462. The van der Waals surface area contributed by atoms with Crippen LogP contribution in [0.5, 0.6) is 0 Å². The molecule has 2 aromatic rings. The summed E-state index contributed by atoms with van der Waals surface area (Å²) in [5, 5.41) is 14.3. The molecule has 4 rings (SSSR count). The van der Waals surface area contributed by atoms with Crippen molar-refractivity contribution < 1.29 is 23.7 Å². The highest BCUT2D eigenvalue weighted by molar-refractivity contribution is 7.15. The van der Waals surface area contributed by atoms with Crippen LogP contribution in [0, 0.1) is 18.8 Å². The van der Waals surface area contributed by atoms with E-state index in [2.05, 4.69) is 37.5 Å². The molecule has 1 aliphatic heterocycles. The number of anilines is 1. The predicted molar refractivity (Wildman–Crippen MR) is 145 cm³/mol. The van der Waals surface area contributed by atoms with Crippen LogP contribution >= 0.6 is 22.9 Å². The number of aromatic nitrogens is 3. The van der Waals surface area contributed by atoms with Crippen LogP contribution in [0.4, 0.5) is 5.13 Å². The van der Waals surface area contributed by atoms with Crippen molar-refractivity contribution >= 4 is 45.9 Å². The maximum Gasteiger partial charge on any atom is 0.276 e. The lowest BCUT2D eigenvalue weighted by atomic mass is 9.78. The molecule has 2 aliphatic rings. The van der Waals surface area contributed by atoms with Gasteiger partial charge in [-0.25, -0.2) is 19.2 Å². The predicted octanol–water partition coefficient (Wildman–Crippen LogP) is 3.94. The smallest absolute Gasteiger partial charge is 0.276 e. The zero-order valence-electron chi connectivity index (χ0n) is 21.8. The molecule has 11 nitrogen and oxygen atoms in total. The maximum absolute atomic E-state index is 13.0. The first-order chi connectivity index (χ1) is 18.8. The molecular formula is C26H29ClN6O5S. The maximum atomic E-state index is 13.0. The molecule has 0 unspecified atom stereocenters. The number of hydrogen-bond acceptors (Lipinski definition) is 11. The van der Waals surface area contributed by atoms with Crippen LogP contribution < -0.4 is 10.6 Å². The largest absolute Gasteiger partial charge is 0.382 e. The second kappa shape index (κ2) is 13.0. The van der Waals surface area contributed by atoms with Crippen molar-refractivity contribution in [3.63, 3.8) is 0 Å². The Bertz CT molecular complexity index is 1350. The van der Waals surface area contributed by atoms with Gasteiger partial charge in [0.2, 0.25) is 0 Å². The molecule has 0 spiro atoms. The summed E-state index contributed by atoms with van der Waals surface area (Å²) in [5.41, 5.74) is 0.880. The third-order valence-electron chi connectivity index (χ3n) is 6.91. The summed E-state index contributed by atoms with van der Waals surface area (Å²) in [6, 6.07) is -1.06. The van der Waals surface area contributed by atoms with Crippen LogP contribution in [0.2, 0.25) is 0 Å². The number of ether oxygens (including phenoxy) is 1. The van der Waals surface area contributed by atoms with E-state index in [4.69, 9.17) is 16.3 Å². The summed E-state index contributed by atoms with van der Waals surface area (Å²) < 4.78 is 10.1. The Morgan fingerprint density at radius 1 is 1.28 bits per heavy atom. The monoisotopic (exact) mass is 572 g/mol. The summed E-state index contributed by atoms with van der Waals surface area (Å²) in [7, 11) is 1.56. The molecule has 2 N–H and O–H groups in total. The normalized spacial score (nSPS) is 20.5. The van der Waals surface area contributed by atoms with Gasteiger partial charge in [-0.2, -0.15) is 0 Å². The number of aryl methyl sites for hydroxylation is 1. The van der Waals surface area contributed by atoms with Crippen molar-refractivity contribution in [2.24, 2.45) is 11.8 Å². The van der Waals surface area contributed by atoms with Crippen LogP contribution in [0.15, 0.2) is 45.6 Å². The van der Waals surface area contributed by atoms with E-state index < -0.39 is 18.0 Å². The minimum Gasteiger partial charge on any atom is -0.382 e. The third kappa shape index (κ3) is 6.73. The van der Waals surface area contributed by atoms with Gasteiger partial charge in [-0.15, -0.1) is 0 Å². The number of nitrogens with zero attached hydrogens (tertiary/aromatic N) is 4. The van der Waals surface area contributed by atoms with Gasteiger partial charge >= 0.3 is 0 Å². The molecule has 0 bridgehead atoms. The van der Waals surface area contributed by atoms with Crippen LogP contribution in [0.25, 0.3) is 0 Å². The van der Waals surface area contributed by atoms with Gasteiger partial charge in [0, 0.05) is 19.5 Å². The molecule has 3 heterocycles. The number of rotatable bonds is 10. The standard InChI is InChI=1S/C26H29ClN6O5S/c1-15-4-6-17(7-5-15)24(30-25(36)23-16(2)31-38-32-23)20(13-35)29-26-28-10-22(39-26)21(14-37-3)33-11-18(27)8-9-19(33)12-34/h8-11,15,17,21,24H,4-7,14H2,1-3H3,(H,28,29)(H,30,36)/t15-,17-,21-,24+/m1/s1. The Kier molecular flexibility index (Phi) is 9.50. The van der Waals surface area contributed by atoms with Crippen molar-refractivity contribution in [2.75, 3.05) is 19.0 Å². The van der Waals surface area contributed by atoms with Crippen molar-refractivity contribution in [2.45, 2.75) is 51.6 Å². The van der Waals surface area contributed by atoms with Gasteiger partial charge in [0.25, 0.3) is 5.91 Å². The molecule has 1 amide bonds. The molecule has 0 aromatic carbocycles. The average molecular weight is 573 g/mol. The van der Waals surface area contributed by atoms with Crippen LogP contribution in [-0.2, 0) is 14.3 Å². The Hall–Kier alpha value is -3.53. The number of halogens is 1. The molecule has 0 saturated heterocycles. The molecule has 2 atom stereocenters. The summed E-state index contributed by atoms with van der Waals surface area (Å²) in [6.07, 6.45) is 10.1. The molecule has 206 valence electrons. The number of amides is 1. The van der Waals surface area contributed by atoms with E-state index in [1.807, 2.05) is 11.9 Å². The van der Waals surface area contributed by atoms with E-state index >= 15 is 0 Å². The van der Waals surface area contributed by atoms with Crippen LogP contribution in [0.3, 0.4) is 0 Å². The van der Waals surface area contributed by atoms with E-state index in [0.29, 0.717) is 27.5 Å². The number of carbonyl (C=O) groups excluding carboxylic acids is 3. The van der Waals surface area contributed by atoms with Gasteiger partial charge in [0.15, 0.2) is 16.8 Å². The van der Waals surface area contributed by atoms with Crippen molar-refractivity contribution in [3.8, 4) is 0 Å². The summed E-state index contributed by atoms with van der Waals surface area (Å²) in [5.74, 6) is 4.03. The van der Waals surface area contributed by atoms with Gasteiger partial charge in [-0.3, -0.25) is 4.79 Å². The highest BCUT2D eigenvalue weighted by atomic mass is 35.5. The zero-order valence-corrected chi connectivity index (χ0v) is 23.3. The number of allylic oxidation sites excluding steroid dienone is 3. The molecule has 1 saturated carbocycles. The lowest BCUT2D eigenvalue weighted by Gasteiger charge is -2.33. The summed E-state index contributed by atoms with van der Waals surface area (Å²) >= 11 is 7.48. The fourth-order valence-corrected chi connectivity index (χ4v) is 5.85. The SMILES string of the molecule is COC[C@H](c1cnc(NC(=C=O)[C@@H](NC(=O)c2nonc2C)[C@H]2CC[C@H](C)CC2)s1)N1C=C(Cl)C=CC1=C=O. The van der Waals surface area contributed by atoms with Crippen molar-refractivity contribution in [3.05, 3.63) is 57.2 Å². The van der Waals surface area contributed by atoms with E-state index in [0.717, 1.165) is 30.6 Å². The summed E-state index contributed by atoms with van der Waals surface area (Å²) in [4.78, 5) is 43.7. The molecule has 2 aromatic heterocycles. The second-order valence-corrected chi connectivity index (χ2v) is 11.1. The third-order valence-corrected chi connectivity index (χ3v) is 8.14. The highest BCUT2D eigenvalue weighted by Crippen LogP contribution is 2.36. The Balaban J connectivity index is 1.58. The first kappa shape index (κ1) is 28.5. The molecule has 0 radical (unpaired) electrons. The van der Waals surface area contributed by atoms with Crippen molar-refractivity contribution in [1.29, 1.82) is 0 Å². The van der Waals surface area contributed by atoms with Gasteiger partial charge in [-0.1, -0.05) is 47.9 Å². The lowest BCUT2D eigenvalue weighted by molar-refractivity contribution is 0.0911. The van der Waals surface area contributed by atoms with Gasteiger partial charge in [-0.05, 0) is 48.9 Å². The highest BCUT2D eigenvalue weighted by Gasteiger charge is 2.33. The minimum atomic E-state index is -0.640. The molecule has 1 aliphatic carbocycles. The molecule has 39 heavy (non-hydrogen) atoms. The first-order valence-electron chi connectivity index (χ1n) is 12.5.